The van der Waals surface area contributed by atoms with Gasteiger partial charge in [0.15, 0.2) is 0 Å². The van der Waals surface area contributed by atoms with Crippen molar-refractivity contribution in [2.75, 3.05) is 0 Å². The van der Waals surface area contributed by atoms with E-state index in [-0.39, 0.29) is 68.3 Å². The minimum atomic E-state index is 0. The van der Waals surface area contributed by atoms with Gasteiger partial charge in [-0.2, -0.15) is 0 Å². The standard InChI is InChI=1S/3C3H5.P.3Zn/c3*1-3-2;;;;/h3*3H,1-2H2;;;;/q3*-1;-3;3*+2. The van der Waals surface area contributed by atoms with E-state index in [4.69, 9.17) is 0 Å². The van der Waals surface area contributed by atoms with Crippen LogP contribution in [-0.2, 0) is 58.4 Å². The van der Waals surface area contributed by atoms with Gasteiger partial charge in [0, 0.05) is 0 Å². The van der Waals surface area contributed by atoms with Crippen LogP contribution >= 0.6 is 9.90 Å². The molecule has 0 heterocycles. The molecule has 0 rings (SSSR count). The van der Waals surface area contributed by atoms with E-state index in [2.05, 4.69) is 40.5 Å². The third kappa shape index (κ3) is 1270. The zero-order valence-electron chi connectivity index (χ0n) is 8.54. The van der Waals surface area contributed by atoms with Crippen molar-refractivity contribution in [2.24, 2.45) is 0 Å². The molecule has 0 unspecified atom stereocenters. The summed E-state index contributed by atoms with van der Waals surface area (Å²) >= 11 is 0. The van der Waals surface area contributed by atoms with Crippen molar-refractivity contribution in [3.63, 3.8) is 0 Å². The van der Waals surface area contributed by atoms with Crippen molar-refractivity contribution in [3.05, 3.63) is 58.7 Å². The fraction of sp³-hybridized carbons (Fsp3) is 0. The van der Waals surface area contributed by atoms with Gasteiger partial charge < -0.3 is 9.90 Å². The molecule has 0 atom stereocenters. The SMILES string of the molecule is C=C[CH2-].C=C[CH2-].C=C[CH2-].[P-3].[Zn+2].[Zn+2].[Zn+2]. The van der Waals surface area contributed by atoms with Crippen LogP contribution in [-0.4, -0.2) is 0 Å². The maximum atomic E-state index is 3.25. The number of allylic oxidation sites excluding steroid dienone is 3. The van der Waals surface area contributed by atoms with Crippen molar-refractivity contribution in [1.29, 1.82) is 0 Å². The van der Waals surface area contributed by atoms with Crippen LogP contribution in [0.4, 0.5) is 0 Å². The fourth-order valence-electron chi connectivity index (χ4n) is 0. The summed E-state index contributed by atoms with van der Waals surface area (Å²) < 4.78 is 0. The third-order valence-corrected chi connectivity index (χ3v) is 0. The van der Waals surface area contributed by atoms with Gasteiger partial charge in [-0.3, -0.25) is 0 Å². The van der Waals surface area contributed by atoms with Crippen LogP contribution < -0.4 is 0 Å². The predicted molar refractivity (Wildman–Crippen MR) is 53.6 cm³/mol. The Morgan fingerprint density at radius 2 is 0.615 bits per heavy atom. The first-order chi connectivity index (χ1) is 4.24. The predicted octanol–water partition coefficient (Wildman–Crippen LogP) is 3.87. The summed E-state index contributed by atoms with van der Waals surface area (Å²) in [5.74, 6) is 0. The molecule has 0 aromatic rings. The smallest absolute Gasteiger partial charge is 2.00 e. The molecule has 0 aromatic carbocycles. The van der Waals surface area contributed by atoms with Crippen LogP contribution in [0, 0.1) is 20.8 Å². The summed E-state index contributed by atoms with van der Waals surface area (Å²) in [7, 11) is 0. The van der Waals surface area contributed by atoms with Crippen LogP contribution in [0.5, 0.6) is 0 Å². The summed E-state index contributed by atoms with van der Waals surface area (Å²) in [4.78, 5) is 0. The molecule has 0 bridgehead atoms. The molecule has 0 amide bonds. The van der Waals surface area contributed by atoms with Gasteiger partial charge in [0.2, 0.25) is 0 Å². The Bertz CT molecular complexity index is 51.6. The number of hydrogen-bond donors (Lipinski definition) is 0. The minimum Gasteiger partial charge on any atom is -3.00 e. The molecular weight excluding hydrogens is 335 g/mol. The second kappa shape index (κ2) is 113. The van der Waals surface area contributed by atoms with Gasteiger partial charge in [0.25, 0.3) is 0 Å². The van der Waals surface area contributed by atoms with Gasteiger partial charge in [-0.1, -0.05) is 0 Å². The van der Waals surface area contributed by atoms with E-state index in [0.29, 0.717) is 0 Å². The summed E-state index contributed by atoms with van der Waals surface area (Å²) in [6.07, 6.45) is 4.50. The first kappa shape index (κ1) is 47.9. The minimum absolute atomic E-state index is 0. The molecule has 0 saturated carbocycles. The fourth-order valence-corrected chi connectivity index (χ4v) is 0. The molecule has 0 aliphatic carbocycles. The van der Waals surface area contributed by atoms with Crippen molar-refractivity contribution < 1.29 is 58.4 Å². The van der Waals surface area contributed by atoms with E-state index in [1.165, 1.54) is 18.2 Å². The van der Waals surface area contributed by atoms with Gasteiger partial charge in [0.05, 0.1) is 0 Å². The van der Waals surface area contributed by atoms with E-state index in [1.54, 1.807) is 0 Å². The maximum absolute atomic E-state index is 3.25. The average molecular weight is 350 g/mol. The molecule has 4 heteroatoms. The van der Waals surface area contributed by atoms with Crippen LogP contribution in [0.2, 0.25) is 0 Å². The van der Waals surface area contributed by atoms with Crippen molar-refractivity contribution in [2.45, 2.75) is 0 Å². The Morgan fingerprint density at radius 3 is 0.615 bits per heavy atom. The molecule has 0 nitrogen and oxygen atoms in total. The van der Waals surface area contributed by atoms with Crippen molar-refractivity contribution >= 4 is 9.90 Å². The van der Waals surface area contributed by atoms with E-state index in [1.807, 2.05) is 0 Å². The zero-order valence-corrected chi connectivity index (χ0v) is 18.3. The van der Waals surface area contributed by atoms with Crippen molar-refractivity contribution in [3.8, 4) is 0 Å². The maximum Gasteiger partial charge on any atom is 2.00 e. The summed E-state index contributed by atoms with van der Waals surface area (Å²) in [5, 5.41) is 0. The molecule has 0 aliphatic rings. The quantitative estimate of drug-likeness (QED) is 0.353. The molecule has 0 radical (unpaired) electrons. The van der Waals surface area contributed by atoms with E-state index in [9.17, 15) is 0 Å². The molecule has 13 heavy (non-hydrogen) atoms. The van der Waals surface area contributed by atoms with E-state index in [0.717, 1.165) is 0 Å². The Balaban J connectivity index is -0.00000000720. The molecule has 0 spiro atoms. The van der Waals surface area contributed by atoms with Gasteiger partial charge in [-0.15, -0.1) is 0 Å². The van der Waals surface area contributed by atoms with Gasteiger partial charge >= 0.3 is 58.4 Å². The molecule has 0 saturated heterocycles. The summed E-state index contributed by atoms with van der Waals surface area (Å²) in [6, 6.07) is 0. The second-order valence-electron chi connectivity index (χ2n) is 0.866. The number of hydrogen-bond acceptors (Lipinski definition) is 0. The molecule has 0 aromatic heterocycles. The second-order valence-corrected chi connectivity index (χ2v) is 0.866. The molecule has 62 valence electrons. The van der Waals surface area contributed by atoms with E-state index >= 15 is 0 Å². The van der Waals surface area contributed by atoms with Gasteiger partial charge in [-0.25, -0.2) is 58.7 Å². The summed E-state index contributed by atoms with van der Waals surface area (Å²) in [5.41, 5.74) is 0. The van der Waals surface area contributed by atoms with Crippen LogP contribution in [0.3, 0.4) is 0 Å². The van der Waals surface area contributed by atoms with E-state index < -0.39 is 0 Å². The van der Waals surface area contributed by atoms with Gasteiger partial charge in [-0.05, 0) is 0 Å². The monoisotopic (exact) mass is 346 g/mol. The van der Waals surface area contributed by atoms with Crippen LogP contribution in [0.25, 0.3) is 0 Å². The topological polar surface area (TPSA) is 0 Å². The Hall–Kier alpha value is 1.13. The average Bonchev–Trinajstić information content (AvgIpc) is 1.70. The summed E-state index contributed by atoms with van der Waals surface area (Å²) in [6.45, 7) is 19.5. The third-order valence-electron chi connectivity index (χ3n) is 0. The Labute approximate surface area is 126 Å². The first-order valence-electron chi connectivity index (χ1n) is 2.45. The largest absolute Gasteiger partial charge is 3.00 e. The molecule has 0 aliphatic heterocycles. The first-order valence-corrected chi connectivity index (χ1v) is 2.45. The van der Waals surface area contributed by atoms with Crippen molar-refractivity contribution in [1.82, 2.24) is 0 Å². The molecule has 0 fully saturated rings. The normalized spacial score (nSPS) is 2.77. The Kier molecular flexibility index (Phi) is 417. The van der Waals surface area contributed by atoms with Gasteiger partial charge in [0.1, 0.15) is 0 Å². The Morgan fingerprint density at radius 1 is 0.615 bits per heavy atom. The van der Waals surface area contributed by atoms with Crippen LogP contribution in [0.1, 0.15) is 0 Å². The van der Waals surface area contributed by atoms with Crippen LogP contribution in [0.15, 0.2) is 38.0 Å². The zero-order chi connectivity index (χ0) is 8.12. The number of rotatable bonds is 0. The molecule has 0 N–H and O–H groups in total. The molecular formula is C9H15PZn3.